The van der Waals surface area contributed by atoms with Crippen molar-refractivity contribution < 1.29 is 9.90 Å². The first-order valence-corrected chi connectivity index (χ1v) is 13.8. The third-order valence-corrected chi connectivity index (χ3v) is 8.14. The molecule has 3 aromatic rings. The predicted octanol–water partition coefficient (Wildman–Crippen LogP) is 4.32. The number of fused-ring (bicyclic) bond motifs is 1. The van der Waals surface area contributed by atoms with Gasteiger partial charge in [0.2, 0.25) is 5.95 Å². The quantitative estimate of drug-likeness (QED) is 0.332. The van der Waals surface area contributed by atoms with Gasteiger partial charge in [-0.05, 0) is 57.7 Å². The number of pyridine rings is 1. The number of rotatable bonds is 10. The maximum atomic E-state index is 11.5. The molecule has 3 N–H and O–H groups in total. The van der Waals surface area contributed by atoms with Gasteiger partial charge in [-0.3, -0.25) is 10.3 Å². The van der Waals surface area contributed by atoms with Crippen LogP contribution in [0.4, 0.5) is 22.7 Å². The number of aromatic nitrogens is 4. The van der Waals surface area contributed by atoms with Gasteiger partial charge in [0.15, 0.2) is 5.13 Å². The molecule has 5 rings (SSSR count). The molecule has 196 valence electrons. The van der Waals surface area contributed by atoms with Crippen LogP contribution in [0.1, 0.15) is 59.1 Å². The number of aromatic carboxylic acids is 1. The second-order valence-corrected chi connectivity index (χ2v) is 10.8. The van der Waals surface area contributed by atoms with E-state index < -0.39 is 5.97 Å². The summed E-state index contributed by atoms with van der Waals surface area (Å²) in [6.45, 7) is 8.68. The molecule has 10 nitrogen and oxygen atoms in total. The SMILES string of the molecule is Cc1nc(Nc2nc(NCCCN3CCCCC3C)c3c(n2)N(Cc2cccnc2)CC3)sc1C(=O)O. The topological polar surface area (TPSA) is 119 Å². The molecule has 1 unspecified atom stereocenters. The molecule has 2 aliphatic rings. The highest BCUT2D eigenvalue weighted by Crippen LogP contribution is 2.34. The highest BCUT2D eigenvalue weighted by molar-refractivity contribution is 7.17. The molecule has 2 aliphatic heterocycles. The van der Waals surface area contributed by atoms with Gasteiger partial charge in [0.1, 0.15) is 16.5 Å². The normalized spacial score (nSPS) is 17.6. The van der Waals surface area contributed by atoms with Gasteiger partial charge < -0.3 is 20.2 Å². The Kier molecular flexibility index (Phi) is 7.80. The first-order valence-electron chi connectivity index (χ1n) is 13.0. The Morgan fingerprint density at radius 2 is 2.14 bits per heavy atom. The molecule has 0 radical (unpaired) electrons. The summed E-state index contributed by atoms with van der Waals surface area (Å²) in [6.07, 6.45) is 9.47. The number of carboxylic acids is 1. The van der Waals surface area contributed by atoms with Crippen molar-refractivity contribution in [2.45, 2.75) is 58.5 Å². The zero-order valence-electron chi connectivity index (χ0n) is 21.4. The van der Waals surface area contributed by atoms with E-state index in [0.717, 1.165) is 66.6 Å². The van der Waals surface area contributed by atoms with Gasteiger partial charge in [-0.1, -0.05) is 23.8 Å². The van der Waals surface area contributed by atoms with Crippen LogP contribution in [0.2, 0.25) is 0 Å². The van der Waals surface area contributed by atoms with Gasteiger partial charge in [-0.2, -0.15) is 9.97 Å². The van der Waals surface area contributed by atoms with Crippen molar-refractivity contribution in [1.29, 1.82) is 0 Å². The van der Waals surface area contributed by atoms with Crippen molar-refractivity contribution in [3.8, 4) is 0 Å². The maximum absolute atomic E-state index is 11.5. The molecule has 11 heteroatoms. The van der Waals surface area contributed by atoms with Crippen molar-refractivity contribution in [3.05, 3.63) is 46.2 Å². The van der Waals surface area contributed by atoms with Crippen LogP contribution >= 0.6 is 11.3 Å². The van der Waals surface area contributed by atoms with Crippen molar-refractivity contribution in [2.24, 2.45) is 0 Å². The van der Waals surface area contributed by atoms with Crippen molar-refractivity contribution >= 4 is 40.0 Å². The molecule has 0 spiro atoms. The minimum atomic E-state index is -0.981. The van der Waals surface area contributed by atoms with Crippen LogP contribution in [0.15, 0.2) is 24.5 Å². The molecule has 0 aliphatic carbocycles. The van der Waals surface area contributed by atoms with Gasteiger partial charge in [-0.25, -0.2) is 9.78 Å². The average Bonchev–Trinajstić information content (AvgIpc) is 3.46. The fourth-order valence-electron chi connectivity index (χ4n) is 5.11. The van der Waals surface area contributed by atoms with E-state index in [2.05, 4.69) is 43.4 Å². The summed E-state index contributed by atoms with van der Waals surface area (Å²) in [6, 6.07) is 4.67. The summed E-state index contributed by atoms with van der Waals surface area (Å²) >= 11 is 1.09. The number of hydrogen-bond donors (Lipinski definition) is 3. The van der Waals surface area contributed by atoms with Crippen LogP contribution in [0.5, 0.6) is 0 Å². The molecule has 3 aromatic heterocycles. The number of likely N-dealkylation sites (tertiary alicyclic amines) is 1. The number of aryl methyl sites for hydroxylation is 1. The standard InChI is InChI=1S/C26H34N8O2S/c1-17-7-3-4-12-33(17)13-6-11-28-22-20-9-14-34(16-19-8-5-10-27-15-19)23(20)31-25(30-22)32-26-29-18(2)21(37-26)24(35)36/h5,8,10,15,17H,3-4,6-7,9,11-14,16H2,1-2H3,(H,35,36)(H2,28,29,30,31,32). The van der Waals surface area contributed by atoms with Crippen molar-refractivity contribution in [3.63, 3.8) is 0 Å². The Balaban J connectivity index is 1.35. The number of carbonyl (C=O) groups is 1. The van der Waals surface area contributed by atoms with Gasteiger partial charge in [0.25, 0.3) is 0 Å². The summed E-state index contributed by atoms with van der Waals surface area (Å²) in [4.78, 5) is 34.8. The van der Waals surface area contributed by atoms with E-state index in [1.54, 1.807) is 13.1 Å². The fourth-order valence-corrected chi connectivity index (χ4v) is 5.91. The Morgan fingerprint density at radius 1 is 1.24 bits per heavy atom. The highest BCUT2D eigenvalue weighted by atomic mass is 32.1. The molecular formula is C26H34N8O2S. The van der Waals surface area contributed by atoms with E-state index in [0.29, 0.717) is 29.4 Å². The van der Waals surface area contributed by atoms with E-state index in [9.17, 15) is 9.90 Å². The van der Waals surface area contributed by atoms with Crippen molar-refractivity contribution in [2.75, 3.05) is 41.7 Å². The lowest BCUT2D eigenvalue weighted by Gasteiger charge is -2.33. The number of carboxylic acid groups (broad SMARTS) is 1. The van der Waals surface area contributed by atoms with Gasteiger partial charge >= 0.3 is 5.97 Å². The Morgan fingerprint density at radius 3 is 2.89 bits per heavy atom. The van der Waals surface area contributed by atoms with Crippen LogP contribution < -0.4 is 15.5 Å². The first-order chi connectivity index (χ1) is 18.0. The van der Waals surface area contributed by atoms with E-state index in [4.69, 9.17) is 9.97 Å². The van der Waals surface area contributed by atoms with Gasteiger partial charge in [0.05, 0.1) is 5.69 Å². The fraction of sp³-hybridized carbons (Fsp3) is 0.500. The van der Waals surface area contributed by atoms with Crippen LogP contribution in [-0.4, -0.2) is 68.1 Å². The first kappa shape index (κ1) is 25.3. The monoisotopic (exact) mass is 522 g/mol. The molecule has 0 bridgehead atoms. The zero-order chi connectivity index (χ0) is 25.8. The molecular weight excluding hydrogens is 488 g/mol. The zero-order valence-corrected chi connectivity index (χ0v) is 22.2. The number of hydrogen-bond acceptors (Lipinski definition) is 10. The number of anilines is 4. The lowest BCUT2D eigenvalue weighted by atomic mass is 10.0. The van der Waals surface area contributed by atoms with E-state index in [-0.39, 0.29) is 4.88 Å². The van der Waals surface area contributed by atoms with Crippen molar-refractivity contribution in [1.82, 2.24) is 24.8 Å². The van der Waals surface area contributed by atoms with Crippen LogP contribution in [0, 0.1) is 6.92 Å². The molecule has 0 aromatic carbocycles. The van der Waals surface area contributed by atoms with Gasteiger partial charge in [0, 0.05) is 50.2 Å². The average molecular weight is 523 g/mol. The van der Waals surface area contributed by atoms with E-state index in [1.165, 1.54) is 25.8 Å². The summed E-state index contributed by atoms with van der Waals surface area (Å²) in [5.74, 6) is 1.15. The van der Waals surface area contributed by atoms with Crippen LogP contribution in [0.3, 0.4) is 0 Å². The minimum Gasteiger partial charge on any atom is -0.477 e. The Hall–Kier alpha value is -3.31. The van der Waals surface area contributed by atoms with Gasteiger partial charge in [-0.15, -0.1) is 0 Å². The summed E-state index contributed by atoms with van der Waals surface area (Å²) in [5.41, 5.74) is 2.71. The molecule has 5 heterocycles. The maximum Gasteiger partial charge on any atom is 0.347 e. The Labute approximate surface area is 221 Å². The second kappa shape index (κ2) is 11.4. The lowest BCUT2D eigenvalue weighted by molar-refractivity contribution is 0.0701. The molecule has 0 amide bonds. The third-order valence-electron chi connectivity index (χ3n) is 7.08. The summed E-state index contributed by atoms with van der Waals surface area (Å²) < 4.78 is 0. The van der Waals surface area contributed by atoms with E-state index in [1.807, 2.05) is 12.3 Å². The largest absolute Gasteiger partial charge is 0.477 e. The Bertz CT molecular complexity index is 1230. The highest BCUT2D eigenvalue weighted by Gasteiger charge is 2.27. The number of thiazole rings is 1. The van der Waals surface area contributed by atoms with Crippen LogP contribution in [0.25, 0.3) is 0 Å². The summed E-state index contributed by atoms with van der Waals surface area (Å²) in [5, 5.41) is 16.6. The second-order valence-electron chi connectivity index (χ2n) is 9.76. The summed E-state index contributed by atoms with van der Waals surface area (Å²) in [7, 11) is 0. The molecule has 0 saturated carbocycles. The molecule has 1 atom stereocenters. The van der Waals surface area contributed by atoms with Crippen LogP contribution in [-0.2, 0) is 13.0 Å². The third kappa shape index (κ3) is 5.99. The number of piperidine rings is 1. The predicted molar refractivity (Wildman–Crippen MR) is 146 cm³/mol. The molecule has 1 fully saturated rings. The lowest BCUT2D eigenvalue weighted by Crippen LogP contribution is -2.38. The van der Waals surface area contributed by atoms with E-state index >= 15 is 0 Å². The molecule has 1 saturated heterocycles. The smallest absolute Gasteiger partial charge is 0.347 e. The molecule has 37 heavy (non-hydrogen) atoms. The minimum absolute atomic E-state index is 0.215. The number of nitrogens with zero attached hydrogens (tertiary/aromatic N) is 6. The number of nitrogens with one attached hydrogen (secondary N) is 2.